The van der Waals surface area contributed by atoms with Gasteiger partial charge < -0.3 is 20.4 Å². The largest absolute Gasteiger partial charge is 0.380 e. The lowest BCUT2D eigenvalue weighted by Crippen LogP contribution is -2.50. The summed E-state index contributed by atoms with van der Waals surface area (Å²) in [5.74, 6) is -1.34. The van der Waals surface area contributed by atoms with Gasteiger partial charge in [-0.15, -0.1) is 24.5 Å². The highest BCUT2D eigenvalue weighted by Gasteiger charge is 2.34. The van der Waals surface area contributed by atoms with Crippen molar-refractivity contribution in [3.8, 4) is 0 Å². The third kappa shape index (κ3) is 11.3. The Hall–Kier alpha value is -2.39. The molecule has 8 heteroatoms. The molecule has 2 amide bonds. The van der Waals surface area contributed by atoms with E-state index in [1.807, 2.05) is 41.8 Å². The topological polar surface area (TPSA) is 89.9 Å². The number of amides is 2. The first-order valence-electron chi connectivity index (χ1n) is 11.8. The van der Waals surface area contributed by atoms with Gasteiger partial charge in [-0.1, -0.05) is 55.5 Å². The van der Waals surface area contributed by atoms with Gasteiger partial charge in [-0.3, -0.25) is 9.59 Å². The van der Waals surface area contributed by atoms with Crippen LogP contribution in [0, 0.1) is 0 Å². The molecule has 1 fully saturated rings. The Labute approximate surface area is 217 Å². The van der Waals surface area contributed by atoms with Gasteiger partial charge in [0, 0.05) is 33.1 Å². The zero-order chi connectivity index (χ0) is 26.1. The van der Waals surface area contributed by atoms with Gasteiger partial charge in [0.25, 0.3) is 11.8 Å². The second-order valence-corrected chi connectivity index (χ2v) is 9.80. The molecule has 0 unspecified atom stereocenters. The quantitative estimate of drug-likeness (QED) is 0.406. The monoisotopic (exact) mass is 518 g/mol. The molecule has 3 N–H and O–H groups in total. The number of benzene rings is 1. The van der Waals surface area contributed by atoms with E-state index in [-0.39, 0.29) is 6.54 Å². The highest BCUT2D eigenvalue weighted by molar-refractivity contribution is 7.99. The fraction of sp³-hybridized carbons (Fsp3) is 0.407. The van der Waals surface area contributed by atoms with Crippen LogP contribution in [0.25, 0.3) is 0 Å². The van der Waals surface area contributed by atoms with Gasteiger partial charge in [0.15, 0.2) is 12.2 Å². The summed E-state index contributed by atoms with van der Waals surface area (Å²) >= 11 is 3.13. The number of hydrogen-bond acceptors (Lipinski definition) is 6. The van der Waals surface area contributed by atoms with Crippen molar-refractivity contribution in [2.75, 3.05) is 13.1 Å². The van der Waals surface area contributed by atoms with Crippen LogP contribution in [0.3, 0.4) is 0 Å². The number of unbranched alkanes of at least 4 members (excludes halogenated alkanes) is 1. The summed E-state index contributed by atoms with van der Waals surface area (Å²) in [5.41, 5.74) is 0. The highest BCUT2D eigenvalue weighted by Crippen LogP contribution is 2.31. The summed E-state index contributed by atoms with van der Waals surface area (Å²) in [5, 5.41) is 24.5. The second kappa shape index (κ2) is 18.0. The van der Waals surface area contributed by atoms with Crippen molar-refractivity contribution in [1.82, 2.24) is 10.2 Å². The molecule has 2 heterocycles. The number of allylic oxidation sites excluding steroid dienone is 2. The summed E-state index contributed by atoms with van der Waals surface area (Å²) in [6.07, 6.45) is 5.03. The lowest BCUT2D eigenvalue weighted by atomic mass is 10.1. The van der Waals surface area contributed by atoms with Gasteiger partial charge >= 0.3 is 0 Å². The first-order valence-corrected chi connectivity index (χ1v) is 13.5. The zero-order valence-electron chi connectivity index (χ0n) is 20.7. The predicted molar refractivity (Wildman–Crippen MR) is 146 cm³/mol. The maximum absolute atomic E-state index is 12.1. The predicted octanol–water partition coefficient (Wildman–Crippen LogP) is 5.02. The molecular formula is C27H38N2O4S2. The van der Waals surface area contributed by atoms with Crippen LogP contribution in [0.1, 0.15) is 44.4 Å². The molecule has 0 aliphatic carbocycles. The Bertz CT molecular complexity index is 896. The van der Waals surface area contributed by atoms with Crippen LogP contribution in [-0.2, 0) is 16.1 Å². The van der Waals surface area contributed by atoms with Gasteiger partial charge in [-0.2, -0.15) is 0 Å². The average Bonchev–Trinajstić information content (AvgIpc) is 3.59. The molecular weight excluding hydrogens is 480 g/mol. The van der Waals surface area contributed by atoms with Crippen LogP contribution in [-0.4, -0.2) is 52.2 Å². The SMILES string of the molecule is C/C=C\CCC.C=C.O=C(NCc1cc(Sc2ccccc2)cs1)[C@H](O)[C@@H](O)C(=O)N1CCCC1. The minimum Gasteiger partial charge on any atom is -0.380 e. The Kier molecular flexibility index (Phi) is 15.7. The average molecular weight is 519 g/mol. The van der Waals surface area contributed by atoms with E-state index in [4.69, 9.17) is 0 Å². The van der Waals surface area contributed by atoms with E-state index in [0.717, 1.165) is 27.5 Å². The highest BCUT2D eigenvalue weighted by atomic mass is 32.2. The van der Waals surface area contributed by atoms with Crippen LogP contribution in [0.4, 0.5) is 0 Å². The fourth-order valence-electron chi connectivity index (χ4n) is 3.15. The van der Waals surface area contributed by atoms with Crippen molar-refractivity contribution in [2.24, 2.45) is 0 Å². The third-order valence-electron chi connectivity index (χ3n) is 4.97. The van der Waals surface area contributed by atoms with Gasteiger partial charge in [0.05, 0.1) is 6.54 Å². The van der Waals surface area contributed by atoms with E-state index in [1.54, 1.807) is 11.8 Å². The van der Waals surface area contributed by atoms with Gasteiger partial charge in [-0.05, 0) is 44.4 Å². The molecule has 6 nitrogen and oxygen atoms in total. The third-order valence-corrected chi connectivity index (χ3v) is 7.04. The maximum atomic E-state index is 12.1. The number of hydrogen-bond donors (Lipinski definition) is 3. The number of thiophene rings is 1. The summed E-state index contributed by atoms with van der Waals surface area (Å²) in [6.45, 7) is 11.6. The number of nitrogens with one attached hydrogen (secondary N) is 1. The molecule has 1 aliphatic heterocycles. The molecule has 0 bridgehead atoms. The molecule has 1 aromatic carbocycles. The van der Waals surface area contributed by atoms with Crippen molar-refractivity contribution < 1.29 is 19.8 Å². The van der Waals surface area contributed by atoms with E-state index in [2.05, 4.69) is 44.5 Å². The van der Waals surface area contributed by atoms with Crippen molar-refractivity contribution in [2.45, 2.75) is 68.1 Å². The standard InChI is InChI=1S/C19H22N2O4S2.C6H12.C2H4/c22-16(17(23)19(25)21-8-4-5-9-21)18(24)20-11-14-10-15(12-26-14)27-13-6-2-1-3-7-13;1-3-5-6-4-2;1-2/h1-3,6-7,10,12,16-17,22-23H,4-5,8-9,11H2,(H,20,24);3,5H,4,6H2,1-2H3;1-2H2/b;5-3-;/t16-,17-;;/m1../s1. The molecule has 0 saturated carbocycles. The summed E-state index contributed by atoms with van der Waals surface area (Å²) in [6, 6.07) is 11.9. The minimum atomic E-state index is -1.77. The minimum absolute atomic E-state index is 0.237. The second-order valence-electron chi connectivity index (χ2n) is 7.66. The zero-order valence-corrected chi connectivity index (χ0v) is 22.3. The molecule has 2 atom stereocenters. The Morgan fingerprint density at radius 2 is 1.80 bits per heavy atom. The number of nitrogens with zero attached hydrogens (tertiary/aromatic N) is 1. The number of likely N-dealkylation sites (tertiary alicyclic amines) is 1. The molecule has 0 spiro atoms. The Balaban J connectivity index is 0.000000670. The lowest BCUT2D eigenvalue weighted by molar-refractivity contribution is -0.152. The summed E-state index contributed by atoms with van der Waals surface area (Å²) in [7, 11) is 0. The van der Waals surface area contributed by atoms with E-state index in [9.17, 15) is 19.8 Å². The lowest BCUT2D eigenvalue weighted by Gasteiger charge is -2.22. The molecule has 192 valence electrons. The molecule has 1 aromatic heterocycles. The normalized spacial score (nSPS) is 14.3. The van der Waals surface area contributed by atoms with Gasteiger partial charge in [0.2, 0.25) is 0 Å². The molecule has 3 rings (SSSR count). The van der Waals surface area contributed by atoms with Crippen LogP contribution in [0.15, 0.2) is 76.9 Å². The van der Waals surface area contributed by atoms with Crippen LogP contribution < -0.4 is 5.32 Å². The van der Waals surface area contributed by atoms with Crippen molar-refractivity contribution >= 4 is 34.9 Å². The van der Waals surface area contributed by atoms with Gasteiger partial charge in [0.1, 0.15) is 0 Å². The molecule has 1 saturated heterocycles. The van der Waals surface area contributed by atoms with E-state index < -0.39 is 24.0 Å². The van der Waals surface area contributed by atoms with Crippen LogP contribution in [0.5, 0.6) is 0 Å². The maximum Gasteiger partial charge on any atom is 0.254 e. The summed E-state index contributed by atoms with van der Waals surface area (Å²) < 4.78 is 0. The fourth-order valence-corrected chi connectivity index (χ4v) is 5.01. The molecule has 2 aromatic rings. The number of rotatable bonds is 9. The first-order chi connectivity index (χ1) is 17.0. The van der Waals surface area contributed by atoms with Gasteiger partial charge in [-0.25, -0.2) is 0 Å². The Morgan fingerprint density at radius 1 is 1.14 bits per heavy atom. The summed E-state index contributed by atoms with van der Waals surface area (Å²) in [4.78, 5) is 28.8. The van der Waals surface area contributed by atoms with E-state index in [0.29, 0.717) is 13.1 Å². The van der Waals surface area contributed by atoms with Crippen LogP contribution in [0.2, 0.25) is 0 Å². The van der Waals surface area contributed by atoms with Crippen molar-refractivity contribution in [1.29, 1.82) is 0 Å². The molecule has 0 radical (unpaired) electrons. The Morgan fingerprint density at radius 3 is 2.37 bits per heavy atom. The number of carbonyl (C=O) groups excluding carboxylic acids is 2. The van der Waals surface area contributed by atoms with E-state index in [1.165, 1.54) is 29.1 Å². The molecule has 35 heavy (non-hydrogen) atoms. The number of carbonyl (C=O) groups is 2. The molecule has 1 aliphatic rings. The van der Waals surface area contributed by atoms with E-state index >= 15 is 0 Å². The van der Waals surface area contributed by atoms with Crippen LogP contribution >= 0.6 is 23.1 Å². The number of aliphatic hydroxyl groups is 2. The smallest absolute Gasteiger partial charge is 0.254 e. The number of aliphatic hydroxyl groups excluding tert-OH is 2. The first kappa shape index (κ1) is 30.6. The van der Waals surface area contributed by atoms with Crippen molar-refractivity contribution in [3.05, 3.63) is 72.0 Å². The van der Waals surface area contributed by atoms with Crippen molar-refractivity contribution in [3.63, 3.8) is 0 Å².